The summed E-state index contributed by atoms with van der Waals surface area (Å²) in [7, 11) is 0. The summed E-state index contributed by atoms with van der Waals surface area (Å²) in [6.07, 6.45) is 2.43. The first-order valence-electron chi connectivity index (χ1n) is 2.65. The van der Waals surface area contributed by atoms with Gasteiger partial charge in [0.05, 0.1) is 0 Å². The molecule has 0 atom stereocenters. The van der Waals surface area contributed by atoms with E-state index in [1.165, 1.54) is 12.8 Å². The van der Waals surface area contributed by atoms with E-state index in [-0.39, 0.29) is 29.6 Å². The van der Waals surface area contributed by atoms with Gasteiger partial charge in [0.15, 0.2) is 5.84 Å². The summed E-state index contributed by atoms with van der Waals surface area (Å²) < 4.78 is 0. The molecule has 1 aliphatic carbocycles. The van der Waals surface area contributed by atoms with Crippen LogP contribution in [-0.2, 0) is 0 Å². The van der Waals surface area contributed by atoms with Gasteiger partial charge in [-0.3, -0.25) is 0 Å². The molecule has 2 rings (SSSR count). The molecule has 1 saturated carbocycles. The van der Waals surface area contributed by atoms with Gasteiger partial charge in [-0.25, -0.2) is 0 Å². The number of hydrogen-bond donors (Lipinski definition) is 0. The topological polar surface area (TPSA) is 51.2 Å². The first-order chi connectivity index (χ1) is 3.97. The molecule has 0 aromatic rings. The van der Waals surface area contributed by atoms with Crippen molar-refractivity contribution in [3.63, 3.8) is 0 Å². The first-order valence-corrected chi connectivity index (χ1v) is 2.65. The zero-order valence-corrected chi connectivity index (χ0v) is 4.28. The van der Waals surface area contributed by atoms with Crippen LogP contribution in [0.25, 0.3) is 0 Å². The normalized spacial score (nSPS) is 22.4. The Morgan fingerprint density at radius 3 is 2.56 bits per heavy atom. The molecule has 5 heteroatoms. The van der Waals surface area contributed by atoms with Gasteiger partial charge in [0.1, 0.15) is 0 Å². The summed E-state index contributed by atoms with van der Waals surface area (Å²) in [4.78, 5) is 0. The zero-order chi connectivity index (χ0) is 5.40. The van der Waals surface area contributed by atoms with Gasteiger partial charge in [0.25, 0.3) is 0 Å². The van der Waals surface area contributed by atoms with Crippen molar-refractivity contribution in [2.75, 3.05) is 0 Å². The second kappa shape index (κ2) is 2.77. The van der Waals surface area contributed by atoms with Crippen molar-refractivity contribution in [2.45, 2.75) is 12.8 Å². The summed E-state index contributed by atoms with van der Waals surface area (Å²) >= 11 is 0. The molecule has 0 N–H and O–H groups in total. The molecule has 0 unspecified atom stereocenters. The average Bonchev–Trinajstić information content (AvgIpc) is 2.49. The SMILES string of the molecule is C1CC1C1=N[N]N=N1.[NaH]. The number of amidine groups is 1. The van der Waals surface area contributed by atoms with E-state index >= 15 is 0 Å². The van der Waals surface area contributed by atoms with E-state index in [1.807, 2.05) is 0 Å². The van der Waals surface area contributed by atoms with E-state index < -0.39 is 0 Å². The summed E-state index contributed by atoms with van der Waals surface area (Å²) in [5.74, 6) is 1.41. The van der Waals surface area contributed by atoms with Crippen molar-refractivity contribution in [3.8, 4) is 0 Å². The van der Waals surface area contributed by atoms with Crippen LogP contribution in [0.2, 0.25) is 0 Å². The molecule has 0 saturated heterocycles. The van der Waals surface area contributed by atoms with Crippen LogP contribution >= 0.6 is 0 Å². The second-order valence-electron chi connectivity index (χ2n) is 2.01. The van der Waals surface area contributed by atoms with Crippen LogP contribution in [-0.4, -0.2) is 35.4 Å². The molecule has 0 amide bonds. The van der Waals surface area contributed by atoms with Gasteiger partial charge < -0.3 is 0 Å². The van der Waals surface area contributed by atoms with E-state index in [1.54, 1.807) is 0 Å². The van der Waals surface area contributed by atoms with Crippen molar-refractivity contribution < 1.29 is 0 Å². The van der Waals surface area contributed by atoms with Crippen LogP contribution in [0.15, 0.2) is 15.4 Å². The van der Waals surface area contributed by atoms with Crippen LogP contribution in [0.3, 0.4) is 0 Å². The minimum atomic E-state index is 0. The fourth-order valence-corrected chi connectivity index (χ4v) is 0.656. The maximum atomic E-state index is 3.71. The molecular formula is C4H6N4Na. The van der Waals surface area contributed by atoms with Gasteiger partial charge in [-0.1, -0.05) is 0 Å². The Morgan fingerprint density at radius 1 is 1.33 bits per heavy atom. The van der Waals surface area contributed by atoms with Crippen LogP contribution in [0.1, 0.15) is 12.8 Å². The molecule has 4 nitrogen and oxygen atoms in total. The molecule has 0 aromatic carbocycles. The third-order valence-corrected chi connectivity index (χ3v) is 1.28. The van der Waals surface area contributed by atoms with Gasteiger partial charge in [-0.05, 0) is 23.6 Å². The number of hydrogen-bond acceptors (Lipinski definition) is 3. The predicted molar refractivity (Wildman–Crippen MR) is 34.3 cm³/mol. The maximum absolute atomic E-state index is 3.71. The summed E-state index contributed by atoms with van der Waals surface area (Å²) in [6.45, 7) is 0. The summed E-state index contributed by atoms with van der Waals surface area (Å²) in [5, 5.41) is 10.8. The molecular weight excluding hydrogens is 127 g/mol. The molecule has 9 heavy (non-hydrogen) atoms. The van der Waals surface area contributed by atoms with E-state index in [4.69, 9.17) is 0 Å². The fraction of sp³-hybridized carbons (Fsp3) is 0.750. The van der Waals surface area contributed by atoms with Gasteiger partial charge in [-0.2, -0.15) is 0 Å². The molecule has 0 bridgehead atoms. The van der Waals surface area contributed by atoms with Crippen molar-refractivity contribution >= 4 is 35.4 Å². The number of rotatable bonds is 1. The predicted octanol–water partition coefficient (Wildman–Crippen LogP) is 0.0466. The Morgan fingerprint density at radius 2 is 2.11 bits per heavy atom. The van der Waals surface area contributed by atoms with Crippen LogP contribution < -0.4 is 5.53 Å². The second-order valence-corrected chi connectivity index (χ2v) is 2.01. The van der Waals surface area contributed by atoms with E-state index in [0.717, 1.165) is 5.84 Å². The summed E-state index contributed by atoms with van der Waals surface area (Å²) in [5.41, 5.74) is 3.37. The Kier molecular flexibility index (Phi) is 2.21. The quantitative estimate of drug-likeness (QED) is 0.454. The molecule has 1 heterocycles. The molecule has 43 valence electrons. The van der Waals surface area contributed by atoms with Crippen molar-refractivity contribution in [2.24, 2.45) is 21.4 Å². The third kappa shape index (κ3) is 1.50. The molecule has 1 aliphatic heterocycles. The average molecular weight is 133 g/mol. The Labute approximate surface area is 75.1 Å². The minimum absolute atomic E-state index is 0. The Balaban J connectivity index is 0.000000405. The monoisotopic (exact) mass is 133 g/mol. The van der Waals surface area contributed by atoms with Gasteiger partial charge in [0.2, 0.25) is 0 Å². The van der Waals surface area contributed by atoms with Gasteiger partial charge in [-0.15, -0.1) is 10.2 Å². The van der Waals surface area contributed by atoms with E-state index in [0.29, 0.717) is 5.92 Å². The molecule has 1 fully saturated rings. The van der Waals surface area contributed by atoms with Crippen molar-refractivity contribution in [3.05, 3.63) is 0 Å². The van der Waals surface area contributed by atoms with Gasteiger partial charge in [0, 0.05) is 5.92 Å². The molecule has 0 spiro atoms. The van der Waals surface area contributed by atoms with E-state index in [2.05, 4.69) is 21.0 Å². The van der Waals surface area contributed by atoms with E-state index in [9.17, 15) is 0 Å². The number of nitrogens with zero attached hydrogens (tertiary/aromatic N) is 4. The van der Waals surface area contributed by atoms with Crippen LogP contribution in [0, 0.1) is 5.92 Å². The Hall–Kier alpha value is 0.0700. The molecule has 1 radical (unpaired) electrons. The van der Waals surface area contributed by atoms with Gasteiger partial charge >= 0.3 is 29.6 Å². The first kappa shape index (κ1) is 7.18. The third-order valence-electron chi connectivity index (χ3n) is 1.28. The molecule has 0 aromatic heterocycles. The van der Waals surface area contributed by atoms with Crippen molar-refractivity contribution in [1.82, 2.24) is 5.53 Å². The zero-order valence-electron chi connectivity index (χ0n) is 4.28. The molecule has 2 aliphatic rings. The van der Waals surface area contributed by atoms with Crippen molar-refractivity contribution in [1.29, 1.82) is 0 Å². The summed E-state index contributed by atoms with van der Waals surface area (Å²) in [6, 6.07) is 0. The fourth-order valence-electron chi connectivity index (χ4n) is 0.656. The van der Waals surface area contributed by atoms with Crippen LogP contribution in [0.5, 0.6) is 0 Å². The van der Waals surface area contributed by atoms with Crippen LogP contribution in [0.4, 0.5) is 0 Å². The standard InChI is InChI=1S/C4H5N4.Na.H/c1-2-3(1)4-5-7-8-6-4;;/h3H,1-2H2;;. The Bertz CT molecular complexity index is 160.